The highest BCUT2D eigenvalue weighted by molar-refractivity contribution is 8.00. The molecule has 7 atom stereocenters. The van der Waals surface area contributed by atoms with Crippen molar-refractivity contribution in [1.82, 2.24) is 0 Å². The number of carbonyl (C=O) groups excluding carboxylic acids is 5. The zero-order valence-electron chi connectivity index (χ0n) is 37.3. The van der Waals surface area contributed by atoms with Crippen LogP contribution in [0.15, 0.2) is 48.1 Å². The van der Waals surface area contributed by atoms with E-state index < -0.39 is 34.6 Å². The molecule has 4 aliphatic rings. The summed E-state index contributed by atoms with van der Waals surface area (Å²) in [6, 6.07) is 9.05. The van der Waals surface area contributed by atoms with E-state index in [4.69, 9.17) is 23.7 Å². The van der Waals surface area contributed by atoms with Crippen LogP contribution in [0.5, 0.6) is 11.5 Å². The minimum atomic E-state index is -0.738. The Morgan fingerprint density at radius 1 is 0.903 bits per heavy atom. The largest absolute Gasteiger partial charge is 0.468 e. The maximum atomic E-state index is 14.0. The summed E-state index contributed by atoms with van der Waals surface area (Å²) in [5.74, 6) is -2.24. The first-order chi connectivity index (χ1) is 29.1. The Balaban J connectivity index is 1.24. The van der Waals surface area contributed by atoms with Gasteiger partial charge in [-0.2, -0.15) is 5.26 Å². The first-order valence-electron chi connectivity index (χ1n) is 21.3. The van der Waals surface area contributed by atoms with Crippen LogP contribution in [0, 0.1) is 51.6 Å². The lowest BCUT2D eigenvalue weighted by molar-refractivity contribution is -0.181. The molecular weight excluding hydrogens is 814 g/mol. The average Bonchev–Trinajstić information content (AvgIpc) is 3.22. The Kier molecular flexibility index (Phi) is 13.3. The summed E-state index contributed by atoms with van der Waals surface area (Å²) >= 11 is 1.45. The van der Waals surface area contributed by atoms with Gasteiger partial charge >= 0.3 is 29.8 Å². The number of rotatable bonds is 12. The lowest BCUT2D eigenvalue weighted by Gasteiger charge is -2.70. The number of nitriles is 1. The number of allylic oxidation sites excluding steroid dienone is 2. The van der Waals surface area contributed by atoms with Crippen LogP contribution in [0.3, 0.4) is 0 Å². The fourth-order valence-corrected chi connectivity index (χ4v) is 12.4. The Morgan fingerprint density at radius 3 is 2.21 bits per heavy atom. The Labute approximate surface area is 368 Å². The summed E-state index contributed by atoms with van der Waals surface area (Å²) in [4.78, 5) is 63.8. The molecule has 0 saturated heterocycles. The summed E-state index contributed by atoms with van der Waals surface area (Å²) in [6.07, 6.45) is 9.42. The SMILES string of the molecule is COC(=O)CSC1C=C2[C@@](C)(CC[C@@]3(C)[C@@H]4C[C@](C)(C(=O)OCCCOC(=O)/C=C(\C#N)c5ccc(F)cc5)CC[C@]4(C)CC[C@]23C)c2cc(OC(C)=O)c(OC(C)=O)c(C)c21. The molecule has 332 valence electrons. The Bertz CT molecular complexity index is 2260. The van der Waals surface area contributed by atoms with Crippen LogP contribution in [-0.2, 0) is 43.6 Å². The van der Waals surface area contributed by atoms with Crippen LogP contribution in [-0.4, -0.2) is 55.9 Å². The molecule has 2 aromatic carbocycles. The number of carbonyl (C=O) groups is 5. The topological polar surface area (TPSA) is 155 Å². The molecule has 0 N–H and O–H groups in total. The number of esters is 5. The Hall–Kier alpha value is -4.96. The minimum Gasteiger partial charge on any atom is -0.468 e. The first-order valence-corrected chi connectivity index (χ1v) is 22.4. The molecule has 0 aromatic heterocycles. The van der Waals surface area contributed by atoms with Crippen molar-refractivity contribution >= 4 is 47.2 Å². The van der Waals surface area contributed by atoms with Crippen LogP contribution in [0.1, 0.15) is 127 Å². The highest BCUT2D eigenvalue weighted by atomic mass is 32.2. The van der Waals surface area contributed by atoms with Gasteiger partial charge in [0.2, 0.25) is 0 Å². The van der Waals surface area contributed by atoms with Crippen LogP contribution in [0.4, 0.5) is 4.39 Å². The normalized spacial score (nSPS) is 29.8. The van der Waals surface area contributed by atoms with E-state index in [2.05, 4.69) is 33.8 Å². The van der Waals surface area contributed by atoms with Gasteiger partial charge in [-0.3, -0.25) is 19.2 Å². The lowest BCUT2D eigenvalue weighted by atomic mass is 9.34. The number of thioether (sulfide) groups is 1. The number of methoxy groups -OCH3 is 1. The molecule has 0 spiro atoms. The van der Waals surface area contributed by atoms with Crippen LogP contribution in [0.25, 0.3) is 5.57 Å². The van der Waals surface area contributed by atoms with Gasteiger partial charge in [0.25, 0.3) is 0 Å². The molecular formula is C49H58FNO10S. The van der Waals surface area contributed by atoms with E-state index in [0.717, 1.165) is 49.3 Å². The van der Waals surface area contributed by atoms with E-state index in [9.17, 15) is 33.6 Å². The molecule has 2 aromatic rings. The maximum absolute atomic E-state index is 14.0. The lowest BCUT2D eigenvalue weighted by Crippen LogP contribution is -2.62. The van der Waals surface area contributed by atoms with Gasteiger partial charge in [0.05, 0.1) is 37.1 Å². The van der Waals surface area contributed by atoms with Crippen molar-refractivity contribution in [2.45, 2.75) is 117 Å². The highest BCUT2D eigenvalue weighted by Gasteiger charge is 2.67. The number of halogens is 1. The number of hydrogen-bond donors (Lipinski definition) is 0. The maximum Gasteiger partial charge on any atom is 0.332 e. The van der Waals surface area contributed by atoms with E-state index >= 15 is 0 Å². The predicted molar refractivity (Wildman–Crippen MR) is 231 cm³/mol. The van der Waals surface area contributed by atoms with Gasteiger partial charge in [0.15, 0.2) is 11.5 Å². The van der Waals surface area contributed by atoms with Gasteiger partial charge in [-0.25, -0.2) is 9.18 Å². The molecule has 0 bridgehead atoms. The molecule has 0 aliphatic heterocycles. The summed E-state index contributed by atoms with van der Waals surface area (Å²) in [7, 11) is 1.37. The molecule has 11 nitrogen and oxygen atoms in total. The summed E-state index contributed by atoms with van der Waals surface area (Å²) < 4.78 is 41.0. The number of nitrogens with zero attached hydrogens (tertiary/aromatic N) is 1. The second-order valence-corrected chi connectivity index (χ2v) is 19.9. The molecule has 3 fully saturated rings. The molecule has 0 heterocycles. The minimum absolute atomic E-state index is 0.0100. The molecule has 13 heteroatoms. The van der Waals surface area contributed by atoms with Crippen LogP contribution in [0.2, 0.25) is 0 Å². The number of ether oxygens (including phenoxy) is 5. The van der Waals surface area contributed by atoms with Crippen molar-refractivity contribution in [3.8, 4) is 17.6 Å². The monoisotopic (exact) mass is 871 g/mol. The van der Waals surface area contributed by atoms with E-state index in [1.165, 1.54) is 62.6 Å². The summed E-state index contributed by atoms with van der Waals surface area (Å²) in [5.41, 5.74) is 2.52. The fourth-order valence-electron chi connectivity index (χ4n) is 11.2. The zero-order chi connectivity index (χ0) is 45.4. The zero-order valence-corrected chi connectivity index (χ0v) is 38.1. The Morgan fingerprint density at radius 2 is 1.56 bits per heavy atom. The molecule has 4 aliphatic carbocycles. The predicted octanol–water partition coefficient (Wildman–Crippen LogP) is 9.63. The van der Waals surface area contributed by atoms with E-state index in [1.807, 2.05) is 26.0 Å². The van der Waals surface area contributed by atoms with Gasteiger partial charge in [-0.05, 0) is 116 Å². The molecule has 62 heavy (non-hydrogen) atoms. The third kappa shape index (κ3) is 8.56. The first kappa shape index (κ1) is 46.5. The van der Waals surface area contributed by atoms with Crippen molar-refractivity contribution in [3.63, 3.8) is 0 Å². The van der Waals surface area contributed by atoms with Crippen molar-refractivity contribution in [2.24, 2.45) is 27.6 Å². The van der Waals surface area contributed by atoms with Gasteiger partial charge in [-0.1, -0.05) is 51.5 Å². The van der Waals surface area contributed by atoms with E-state index in [-0.39, 0.29) is 81.8 Å². The highest BCUT2D eigenvalue weighted by Crippen LogP contribution is 2.75. The van der Waals surface area contributed by atoms with Gasteiger partial charge in [-0.15, -0.1) is 11.8 Å². The van der Waals surface area contributed by atoms with E-state index in [0.29, 0.717) is 24.0 Å². The number of fused-ring (bicyclic) bond motifs is 7. The van der Waals surface area contributed by atoms with Crippen molar-refractivity contribution in [1.29, 1.82) is 5.26 Å². The van der Waals surface area contributed by atoms with Gasteiger partial charge < -0.3 is 23.7 Å². The third-order valence-corrected chi connectivity index (χ3v) is 16.1. The summed E-state index contributed by atoms with van der Waals surface area (Å²) in [6.45, 7) is 16.0. The smallest absolute Gasteiger partial charge is 0.332 e. The van der Waals surface area contributed by atoms with Crippen molar-refractivity contribution in [3.05, 3.63) is 76.1 Å². The van der Waals surface area contributed by atoms with Gasteiger partial charge in [0.1, 0.15) is 11.9 Å². The van der Waals surface area contributed by atoms with Crippen LogP contribution >= 0.6 is 11.8 Å². The number of hydrogen-bond acceptors (Lipinski definition) is 12. The molecule has 0 radical (unpaired) electrons. The molecule has 3 saturated carbocycles. The molecule has 0 amide bonds. The average molecular weight is 872 g/mol. The fraction of sp³-hybridized carbons (Fsp3) is 0.551. The van der Waals surface area contributed by atoms with E-state index in [1.54, 1.807) is 0 Å². The second kappa shape index (κ2) is 17.7. The molecule has 6 rings (SSSR count). The van der Waals surface area contributed by atoms with Crippen molar-refractivity contribution in [2.75, 3.05) is 26.1 Å². The molecule has 1 unspecified atom stereocenters. The summed E-state index contributed by atoms with van der Waals surface area (Å²) in [5, 5.41) is 9.20. The van der Waals surface area contributed by atoms with Crippen LogP contribution < -0.4 is 9.47 Å². The van der Waals surface area contributed by atoms with Crippen molar-refractivity contribution < 1.29 is 52.0 Å². The quantitative estimate of drug-likeness (QED) is 0.0379. The third-order valence-electron chi connectivity index (χ3n) is 14.9. The van der Waals surface area contributed by atoms with Gasteiger partial charge in [0, 0.05) is 42.6 Å². The number of benzene rings is 2. The standard InChI is InChI=1S/C49H58FNO10S/c1-29-42-35(24-36(60-30(2)52)43(29)61-31(3)53)47(6)18-20-49(8)39-26-46(5,16-15-45(39,4)17-19-48(49,7)38(47)25-37(42)62-28-41(55)57-9)44(56)59-22-10-21-58-40(54)23-33(27-51)32-11-13-34(50)14-12-32/h11-14,23-25,37,39H,10,15-22,26,28H2,1-9H3/b33-23+/t37?,39-,45-,46-,47+,48-,49+/m1/s1. The second-order valence-electron chi connectivity index (χ2n) is 18.8.